The zero-order valence-corrected chi connectivity index (χ0v) is 11.6. The maximum Gasteiger partial charge on any atom is 0.272 e. The van der Waals surface area contributed by atoms with E-state index in [9.17, 15) is 4.79 Å². The lowest BCUT2D eigenvalue weighted by atomic mass is 10.2. The highest BCUT2D eigenvalue weighted by atomic mass is 16.2. The number of aromatic nitrogens is 2. The monoisotopic (exact) mass is 263 g/mol. The number of amides is 1. The average molecular weight is 263 g/mol. The molecule has 0 radical (unpaired) electrons. The van der Waals surface area contributed by atoms with Crippen LogP contribution in [0.25, 0.3) is 0 Å². The van der Waals surface area contributed by atoms with Crippen molar-refractivity contribution in [2.45, 2.75) is 13.3 Å². The van der Waals surface area contributed by atoms with E-state index in [1.807, 2.05) is 4.90 Å². The summed E-state index contributed by atoms with van der Waals surface area (Å²) >= 11 is 0. The summed E-state index contributed by atoms with van der Waals surface area (Å²) in [6.07, 6.45) is 2.47. The van der Waals surface area contributed by atoms with Gasteiger partial charge in [0.2, 0.25) is 0 Å². The summed E-state index contributed by atoms with van der Waals surface area (Å²) in [4.78, 5) is 24.6. The van der Waals surface area contributed by atoms with Crippen LogP contribution in [0.15, 0.2) is 12.4 Å². The molecule has 0 bridgehead atoms. The molecule has 2 rings (SSSR count). The number of piperazine rings is 1. The van der Waals surface area contributed by atoms with Crippen LogP contribution in [0.2, 0.25) is 0 Å². The van der Waals surface area contributed by atoms with Gasteiger partial charge in [-0.25, -0.2) is 9.97 Å². The number of hydrogen-bond donors (Lipinski definition) is 1. The molecule has 1 aromatic rings. The highest BCUT2D eigenvalue weighted by molar-refractivity contribution is 5.93. The highest BCUT2D eigenvalue weighted by Gasteiger charge is 2.21. The van der Waals surface area contributed by atoms with Gasteiger partial charge in [-0.3, -0.25) is 4.79 Å². The summed E-state index contributed by atoms with van der Waals surface area (Å²) < 4.78 is 0. The quantitative estimate of drug-likeness (QED) is 0.866. The topological polar surface area (TPSA) is 61.4 Å². The minimum absolute atomic E-state index is 0.00458. The van der Waals surface area contributed by atoms with Crippen molar-refractivity contribution in [1.82, 2.24) is 19.8 Å². The summed E-state index contributed by atoms with van der Waals surface area (Å²) in [6.45, 7) is 6.29. The van der Waals surface area contributed by atoms with Crippen molar-refractivity contribution < 1.29 is 4.79 Å². The standard InChI is InChI=1S/C13H21N5O/c1-3-4-14-12-9-11(15-10-16-12)13(19)18-7-5-17(2)6-8-18/h9-10H,3-8H2,1-2H3,(H,14,15,16). The van der Waals surface area contributed by atoms with E-state index < -0.39 is 0 Å². The molecule has 1 N–H and O–H groups in total. The molecule has 1 aliphatic heterocycles. The van der Waals surface area contributed by atoms with Crippen LogP contribution in [0.3, 0.4) is 0 Å². The maximum absolute atomic E-state index is 12.3. The highest BCUT2D eigenvalue weighted by Crippen LogP contribution is 2.09. The second kappa shape index (κ2) is 6.47. The zero-order valence-electron chi connectivity index (χ0n) is 11.6. The number of carbonyl (C=O) groups excluding carboxylic acids is 1. The number of carbonyl (C=O) groups is 1. The molecule has 0 saturated carbocycles. The van der Waals surface area contributed by atoms with Crippen LogP contribution < -0.4 is 5.32 Å². The Hall–Kier alpha value is -1.69. The summed E-state index contributed by atoms with van der Waals surface area (Å²) in [5.74, 6) is 0.712. The Morgan fingerprint density at radius 2 is 2.05 bits per heavy atom. The third-order valence-electron chi connectivity index (χ3n) is 3.23. The zero-order chi connectivity index (χ0) is 13.7. The van der Waals surface area contributed by atoms with E-state index in [0.717, 1.165) is 39.1 Å². The van der Waals surface area contributed by atoms with E-state index >= 15 is 0 Å². The molecule has 0 aromatic carbocycles. The van der Waals surface area contributed by atoms with Crippen LogP contribution in [0.5, 0.6) is 0 Å². The third-order valence-corrected chi connectivity index (χ3v) is 3.23. The lowest BCUT2D eigenvalue weighted by Crippen LogP contribution is -2.47. The minimum Gasteiger partial charge on any atom is -0.370 e. The van der Waals surface area contributed by atoms with Gasteiger partial charge >= 0.3 is 0 Å². The number of nitrogens with one attached hydrogen (secondary N) is 1. The molecule has 1 aromatic heterocycles. The number of anilines is 1. The first-order chi connectivity index (χ1) is 9.20. The van der Waals surface area contributed by atoms with Crippen LogP contribution in [0, 0.1) is 0 Å². The van der Waals surface area contributed by atoms with Crippen molar-refractivity contribution in [1.29, 1.82) is 0 Å². The van der Waals surface area contributed by atoms with E-state index in [-0.39, 0.29) is 5.91 Å². The van der Waals surface area contributed by atoms with E-state index in [1.165, 1.54) is 6.33 Å². The predicted octanol–water partition coefficient (Wildman–Crippen LogP) is 0.686. The lowest BCUT2D eigenvalue weighted by Gasteiger charge is -2.32. The Morgan fingerprint density at radius 1 is 1.32 bits per heavy atom. The molecular formula is C13H21N5O. The smallest absolute Gasteiger partial charge is 0.272 e. The number of hydrogen-bond acceptors (Lipinski definition) is 5. The largest absolute Gasteiger partial charge is 0.370 e. The second-order valence-corrected chi connectivity index (χ2v) is 4.81. The van der Waals surface area contributed by atoms with Gasteiger partial charge in [0.15, 0.2) is 0 Å². The van der Waals surface area contributed by atoms with Crippen LogP contribution in [0.1, 0.15) is 23.8 Å². The molecule has 0 aliphatic carbocycles. The van der Waals surface area contributed by atoms with Gasteiger partial charge in [-0.05, 0) is 13.5 Å². The molecule has 1 amide bonds. The molecule has 6 heteroatoms. The molecule has 104 valence electrons. The summed E-state index contributed by atoms with van der Waals surface area (Å²) in [5, 5.41) is 3.17. The van der Waals surface area contributed by atoms with Crippen LogP contribution in [-0.2, 0) is 0 Å². The molecule has 0 unspecified atom stereocenters. The molecule has 1 aliphatic rings. The predicted molar refractivity (Wildman–Crippen MR) is 74.2 cm³/mol. The third kappa shape index (κ3) is 3.64. The van der Waals surface area contributed by atoms with Crippen LogP contribution in [-0.4, -0.2) is 65.4 Å². The first-order valence-electron chi connectivity index (χ1n) is 6.74. The molecule has 1 fully saturated rings. The second-order valence-electron chi connectivity index (χ2n) is 4.81. The van der Waals surface area contributed by atoms with Gasteiger partial charge in [0.05, 0.1) is 0 Å². The van der Waals surface area contributed by atoms with Crippen LogP contribution >= 0.6 is 0 Å². The van der Waals surface area contributed by atoms with Gasteiger partial charge in [-0.2, -0.15) is 0 Å². The van der Waals surface area contributed by atoms with Crippen molar-refractivity contribution in [2.75, 3.05) is 45.1 Å². The Kier molecular flexibility index (Phi) is 4.68. The fourth-order valence-corrected chi connectivity index (χ4v) is 2.00. The number of rotatable bonds is 4. The van der Waals surface area contributed by atoms with Crippen molar-refractivity contribution in [3.8, 4) is 0 Å². The van der Waals surface area contributed by atoms with Gasteiger partial charge < -0.3 is 15.1 Å². The summed E-state index contributed by atoms with van der Waals surface area (Å²) in [6, 6.07) is 1.73. The van der Waals surface area contributed by atoms with Crippen molar-refractivity contribution in [3.05, 3.63) is 18.1 Å². The first-order valence-corrected chi connectivity index (χ1v) is 6.74. The van der Waals surface area contributed by atoms with Gasteiger partial charge in [-0.15, -0.1) is 0 Å². The maximum atomic E-state index is 12.3. The Morgan fingerprint density at radius 3 is 2.74 bits per heavy atom. The fourth-order valence-electron chi connectivity index (χ4n) is 2.00. The first kappa shape index (κ1) is 13.7. The fraction of sp³-hybridized carbons (Fsp3) is 0.615. The van der Waals surface area contributed by atoms with E-state index in [2.05, 4.69) is 34.2 Å². The molecule has 6 nitrogen and oxygen atoms in total. The van der Waals surface area contributed by atoms with Crippen molar-refractivity contribution in [3.63, 3.8) is 0 Å². The van der Waals surface area contributed by atoms with Gasteiger partial charge in [-0.1, -0.05) is 6.92 Å². The Bertz CT molecular complexity index is 429. The Balaban J connectivity index is 2.02. The van der Waals surface area contributed by atoms with E-state index in [1.54, 1.807) is 6.07 Å². The van der Waals surface area contributed by atoms with Gasteiger partial charge in [0.1, 0.15) is 17.8 Å². The molecule has 0 atom stereocenters. The Labute approximate surface area is 113 Å². The van der Waals surface area contributed by atoms with Crippen LogP contribution in [0.4, 0.5) is 5.82 Å². The molecule has 1 saturated heterocycles. The normalized spacial score (nSPS) is 16.4. The molecule has 2 heterocycles. The molecular weight excluding hydrogens is 242 g/mol. The van der Waals surface area contributed by atoms with Gasteiger partial charge in [0, 0.05) is 38.8 Å². The average Bonchev–Trinajstić information content (AvgIpc) is 2.45. The SMILES string of the molecule is CCCNc1cc(C(=O)N2CCN(C)CC2)ncn1. The minimum atomic E-state index is -0.00458. The number of likely N-dealkylation sites (N-methyl/N-ethyl adjacent to an activating group) is 1. The van der Waals surface area contributed by atoms with Crippen molar-refractivity contribution >= 4 is 11.7 Å². The summed E-state index contributed by atoms with van der Waals surface area (Å²) in [5.41, 5.74) is 0.471. The van der Waals surface area contributed by atoms with E-state index in [4.69, 9.17) is 0 Å². The summed E-state index contributed by atoms with van der Waals surface area (Å²) in [7, 11) is 2.07. The van der Waals surface area contributed by atoms with E-state index in [0.29, 0.717) is 11.5 Å². The number of nitrogens with zero attached hydrogens (tertiary/aromatic N) is 4. The van der Waals surface area contributed by atoms with Gasteiger partial charge in [0.25, 0.3) is 5.91 Å². The van der Waals surface area contributed by atoms with Crippen molar-refractivity contribution in [2.24, 2.45) is 0 Å². The molecule has 0 spiro atoms. The molecule has 19 heavy (non-hydrogen) atoms. The lowest BCUT2D eigenvalue weighted by molar-refractivity contribution is 0.0658.